The summed E-state index contributed by atoms with van der Waals surface area (Å²) in [6, 6.07) is 3.24. The summed E-state index contributed by atoms with van der Waals surface area (Å²) in [5.41, 5.74) is -1.09. The lowest BCUT2D eigenvalue weighted by Crippen LogP contribution is -2.22. The fourth-order valence-electron chi connectivity index (χ4n) is 1.40. The van der Waals surface area contributed by atoms with E-state index in [1.54, 1.807) is 0 Å². The van der Waals surface area contributed by atoms with E-state index in [2.05, 4.69) is 4.74 Å². The Bertz CT molecular complexity index is 591. The van der Waals surface area contributed by atoms with Crippen LogP contribution in [0.4, 0.5) is 13.2 Å². The van der Waals surface area contributed by atoms with Crippen molar-refractivity contribution in [3.8, 4) is 0 Å². The highest BCUT2D eigenvalue weighted by molar-refractivity contribution is 7.92. The van der Waals surface area contributed by atoms with Crippen LogP contribution in [0.3, 0.4) is 0 Å². The zero-order chi connectivity index (χ0) is 15.6. The van der Waals surface area contributed by atoms with Crippen molar-refractivity contribution >= 4 is 15.8 Å². The average Bonchev–Trinajstić information content (AvgIpc) is 2.26. The molecule has 112 valence electrons. The first-order valence-electron chi connectivity index (χ1n) is 5.62. The second kappa shape index (κ2) is 5.82. The molecular weight excluding hydrogens is 297 g/mol. The summed E-state index contributed by atoms with van der Waals surface area (Å²) in [5, 5.41) is 0. The molecule has 1 rings (SSSR count). The second-order valence-corrected chi connectivity index (χ2v) is 6.31. The molecule has 4 nitrogen and oxygen atoms in total. The summed E-state index contributed by atoms with van der Waals surface area (Å²) >= 11 is 0. The predicted octanol–water partition coefficient (Wildman–Crippen LogP) is 2.43. The molecule has 0 aromatic heterocycles. The largest absolute Gasteiger partial charge is 0.462 e. The van der Waals surface area contributed by atoms with Crippen molar-refractivity contribution in [2.45, 2.75) is 31.0 Å². The van der Waals surface area contributed by atoms with Crippen LogP contribution < -0.4 is 0 Å². The fourth-order valence-corrected chi connectivity index (χ4v) is 2.54. The molecule has 0 atom stereocenters. The highest BCUT2D eigenvalue weighted by Crippen LogP contribution is 2.30. The van der Waals surface area contributed by atoms with Gasteiger partial charge < -0.3 is 4.74 Å². The molecule has 0 aliphatic rings. The molecule has 0 fully saturated rings. The zero-order valence-corrected chi connectivity index (χ0v) is 11.6. The summed E-state index contributed by atoms with van der Waals surface area (Å²) in [5.74, 6) is -2.00. The molecule has 8 heteroatoms. The minimum atomic E-state index is -4.65. The summed E-state index contributed by atoms with van der Waals surface area (Å²) in [4.78, 5) is 10.7. The van der Waals surface area contributed by atoms with E-state index in [1.165, 1.54) is 13.8 Å². The quantitative estimate of drug-likeness (QED) is 0.801. The van der Waals surface area contributed by atoms with E-state index in [9.17, 15) is 26.4 Å². The number of rotatable bonds is 4. The molecule has 0 N–H and O–H groups in total. The van der Waals surface area contributed by atoms with Gasteiger partial charge in [-0.3, -0.25) is 4.79 Å². The maximum absolute atomic E-state index is 12.5. The first-order chi connectivity index (χ1) is 9.02. The zero-order valence-electron chi connectivity index (χ0n) is 10.8. The van der Waals surface area contributed by atoms with Crippen LogP contribution in [0.5, 0.6) is 0 Å². The lowest BCUT2D eigenvalue weighted by Gasteiger charge is -2.10. The molecule has 1 aromatic carbocycles. The van der Waals surface area contributed by atoms with E-state index in [1.807, 2.05) is 0 Å². The van der Waals surface area contributed by atoms with Gasteiger partial charge in [-0.15, -0.1) is 0 Å². The third-order valence-corrected chi connectivity index (χ3v) is 3.78. The van der Waals surface area contributed by atoms with Crippen molar-refractivity contribution < 1.29 is 31.1 Å². The third kappa shape index (κ3) is 4.52. The Morgan fingerprint density at radius 2 is 1.90 bits per heavy atom. The summed E-state index contributed by atoms with van der Waals surface area (Å²) in [7, 11) is -4.16. The maximum atomic E-state index is 12.5. The number of hydrogen-bond donors (Lipinski definition) is 0. The van der Waals surface area contributed by atoms with Crippen molar-refractivity contribution in [2.75, 3.05) is 5.75 Å². The first kappa shape index (κ1) is 16.5. The standard InChI is InChI=1S/C12H13F3O4S/c1-8(2)19-11(16)7-20(17,18)10-5-3-4-9(6-10)12(13,14)15/h3-6,8H,7H2,1-2H3. The molecule has 1 aromatic rings. The highest BCUT2D eigenvalue weighted by atomic mass is 32.2. The van der Waals surface area contributed by atoms with E-state index in [4.69, 9.17) is 0 Å². The molecule has 0 heterocycles. The molecule has 0 aliphatic carbocycles. The molecule has 0 aliphatic heterocycles. The van der Waals surface area contributed by atoms with Crippen LogP contribution in [0, 0.1) is 0 Å². The predicted molar refractivity (Wildman–Crippen MR) is 64.7 cm³/mol. The Kier molecular flexibility index (Phi) is 4.80. The average molecular weight is 310 g/mol. The number of carbonyl (C=O) groups excluding carboxylic acids is 1. The Morgan fingerprint density at radius 3 is 2.40 bits per heavy atom. The SMILES string of the molecule is CC(C)OC(=O)CS(=O)(=O)c1cccc(C(F)(F)F)c1. The van der Waals surface area contributed by atoms with Crippen LogP contribution >= 0.6 is 0 Å². The second-order valence-electron chi connectivity index (χ2n) is 4.32. The highest BCUT2D eigenvalue weighted by Gasteiger charge is 2.32. The van der Waals surface area contributed by atoms with Crippen molar-refractivity contribution in [3.63, 3.8) is 0 Å². The van der Waals surface area contributed by atoms with Gasteiger partial charge in [0.1, 0.15) is 0 Å². The molecule has 0 radical (unpaired) electrons. The van der Waals surface area contributed by atoms with Gasteiger partial charge in [0, 0.05) is 0 Å². The van der Waals surface area contributed by atoms with Gasteiger partial charge in [0.05, 0.1) is 16.6 Å². The van der Waals surface area contributed by atoms with Crippen molar-refractivity contribution in [1.82, 2.24) is 0 Å². The van der Waals surface area contributed by atoms with Crippen LogP contribution in [-0.2, 0) is 25.5 Å². The summed E-state index contributed by atoms with van der Waals surface area (Å²) in [6.07, 6.45) is -5.15. The topological polar surface area (TPSA) is 60.4 Å². The summed E-state index contributed by atoms with van der Waals surface area (Å²) < 4.78 is 65.8. The monoisotopic (exact) mass is 310 g/mol. The van der Waals surface area contributed by atoms with E-state index < -0.39 is 44.3 Å². The van der Waals surface area contributed by atoms with Gasteiger partial charge >= 0.3 is 12.1 Å². The lowest BCUT2D eigenvalue weighted by atomic mass is 10.2. The third-order valence-electron chi connectivity index (χ3n) is 2.20. The number of alkyl halides is 3. The van der Waals surface area contributed by atoms with E-state index >= 15 is 0 Å². The Balaban J connectivity index is 3.02. The minimum Gasteiger partial charge on any atom is -0.462 e. The van der Waals surface area contributed by atoms with E-state index in [-0.39, 0.29) is 0 Å². The molecule has 0 spiro atoms. The van der Waals surface area contributed by atoms with Gasteiger partial charge in [-0.2, -0.15) is 13.2 Å². The van der Waals surface area contributed by atoms with Gasteiger partial charge in [0.2, 0.25) is 0 Å². The Morgan fingerprint density at radius 1 is 1.30 bits per heavy atom. The Labute approximate surface area is 114 Å². The van der Waals surface area contributed by atoms with Crippen LogP contribution in [0.15, 0.2) is 29.2 Å². The van der Waals surface area contributed by atoms with Gasteiger partial charge in [-0.25, -0.2) is 8.42 Å². The van der Waals surface area contributed by atoms with Crippen LogP contribution in [0.1, 0.15) is 19.4 Å². The smallest absolute Gasteiger partial charge is 0.416 e. The van der Waals surface area contributed by atoms with Crippen LogP contribution in [0.2, 0.25) is 0 Å². The lowest BCUT2D eigenvalue weighted by molar-refractivity contribution is -0.144. The van der Waals surface area contributed by atoms with Crippen LogP contribution in [0.25, 0.3) is 0 Å². The Hall–Kier alpha value is -1.57. The van der Waals surface area contributed by atoms with Crippen molar-refractivity contribution in [2.24, 2.45) is 0 Å². The molecular formula is C12H13F3O4S. The summed E-state index contributed by atoms with van der Waals surface area (Å²) in [6.45, 7) is 3.07. The van der Waals surface area contributed by atoms with Crippen LogP contribution in [-0.4, -0.2) is 26.2 Å². The number of carbonyl (C=O) groups is 1. The number of hydrogen-bond acceptors (Lipinski definition) is 4. The number of halogens is 3. The van der Waals surface area contributed by atoms with E-state index in [0.29, 0.717) is 6.07 Å². The number of ether oxygens (including phenoxy) is 1. The molecule has 0 saturated heterocycles. The fraction of sp³-hybridized carbons (Fsp3) is 0.417. The molecule has 0 unspecified atom stereocenters. The molecule has 20 heavy (non-hydrogen) atoms. The normalized spacial score (nSPS) is 12.5. The minimum absolute atomic E-state index is 0.498. The van der Waals surface area contributed by atoms with Gasteiger partial charge in [-0.1, -0.05) is 6.07 Å². The molecule has 0 amide bonds. The van der Waals surface area contributed by atoms with Gasteiger partial charge in [0.15, 0.2) is 15.6 Å². The number of benzene rings is 1. The van der Waals surface area contributed by atoms with E-state index in [0.717, 1.165) is 18.2 Å². The number of esters is 1. The van der Waals surface area contributed by atoms with Gasteiger partial charge in [-0.05, 0) is 32.0 Å². The number of sulfone groups is 1. The maximum Gasteiger partial charge on any atom is 0.416 e. The van der Waals surface area contributed by atoms with Crippen molar-refractivity contribution in [3.05, 3.63) is 29.8 Å². The molecule has 0 saturated carbocycles. The van der Waals surface area contributed by atoms with Crippen molar-refractivity contribution in [1.29, 1.82) is 0 Å². The first-order valence-corrected chi connectivity index (χ1v) is 7.27. The molecule has 0 bridgehead atoms. The van der Waals surface area contributed by atoms with Gasteiger partial charge in [0.25, 0.3) is 0 Å².